The fourth-order valence-corrected chi connectivity index (χ4v) is 1.46. The lowest BCUT2D eigenvalue weighted by Gasteiger charge is -2.00. The Morgan fingerprint density at radius 2 is 2.13 bits per heavy atom. The molecule has 0 saturated heterocycles. The lowest BCUT2D eigenvalue weighted by molar-refractivity contribution is 0.0600. The molecule has 0 fully saturated rings. The van der Waals surface area contributed by atoms with Gasteiger partial charge in [-0.25, -0.2) is 4.79 Å². The van der Waals surface area contributed by atoms with Crippen LogP contribution < -0.4 is 5.56 Å². The number of aromatic nitrogens is 1. The van der Waals surface area contributed by atoms with Gasteiger partial charge in [0.15, 0.2) is 4.90 Å². The highest BCUT2D eigenvalue weighted by molar-refractivity contribution is 7.85. The number of aromatic amines is 1. The Morgan fingerprint density at radius 3 is 2.60 bits per heavy atom. The van der Waals surface area contributed by atoms with Crippen molar-refractivity contribution in [2.45, 2.75) is 4.90 Å². The normalized spacial score (nSPS) is 11.1. The van der Waals surface area contributed by atoms with E-state index in [-0.39, 0.29) is 5.56 Å². The topological polar surface area (TPSA) is 114 Å². The van der Waals surface area contributed by atoms with Crippen molar-refractivity contribution in [3.05, 3.63) is 28.2 Å². The van der Waals surface area contributed by atoms with Crippen LogP contribution in [0.25, 0.3) is 0 Å². The molecule has 0 radical (unpaired) electrons. The minimum atomic E-state index is -4.65. The summed E-state index contributed by atoms with van der Waals surface area (Å²) >= 11 is 0. The number of hydrogen-bond donors (Lipinski definition) is 2. The Hall–Kier alpha value is -1.67. The number of ether oxygens (including phenoxy) is 1. The summed E-state index contributed by atoms with van der Waals surface area (Å²) in [5.74, 6) is -0.823. The Kier molecular flexibility index (Phi) is 2.91. The standard InChI is InChI=1S/C7H7NO6S/c1-14-7(10)4-2-5(15(11,12)13)6(9)8-3-4/h2-3H,1H3,(H,8,9)(H,11,12,13). The predicted molar refractivity (Wildman–Crippen MR) is 48.2 cm³/mol. The van der Waals surface area contributed by atoms with Crippen LogP contribution in [0, 0.1) is 0 Å². The van der Waals surface area contributed by atoms with Crippen molar-refractivity contribution in [1.82, 2.24) is 4.98 Å². The van der Waals surface area contributed by atoms with Crippen molar-refractivity contribution in [3.8, 4) is 0 Å². The maximum Gasteiger partial charge on any atom is 0.339 e. The summed E-state index contributed by atoms with van der Waals surface area (Å²) in [4.78, 5) is 23.1. The van der Waals surface area contributed by atoms with Crippen LogP contribution in [0.4, 0.5) is 0 Å². The van der Waals surface area contributed by atoms with Crippen LogP contribution in [0.15, 0.2) is 22.0 Å². The van der Waals surface area contributed by atoms with Gasteiger partial charge in [-0.3, -0.25) is 9.35 Å². The summed E-state index contributed by atoms with van der Waals surface area (Å²) in [6.45, 7) is 0. The van der Waals surface area contributed by atoms with Crippen LogP contribution in [-0.4, -0.2) is 31.0 Å². The van der Waals surface area contributed by atoms with Gasteiger partial charge in [0.25, 0.3) is 15.7 Å². The van der Waals surface area contributed by atoms with E-state index < -0.39 is 26.5 Å². The van der Waals surface area contributed by atoms with E-state index in [4.69, 9.17) is 4.55 Å². The van der Waals surface area contributed by atoms with E-state index >= 15 is 0 Å². The predicted octanol–water partition coefficient (Wildman–Crippen LogP) is -0.592. The highest BCUT2D eigenvalue weighted by Gasteiger charge is 2.17. The molecule has 1 heterocycles. The van der Waals surface area contributed by atoms with Gasteiger partial charge in [0.2, 0.25) is 0 Å². The van der Waals surface area contributed by atoms with Crippen molar-refractivity contribution >= 4 is 16.1 Å². The Bertz CT molecular complexity index is 543. The number of methoxy groups -OCH3 is 1. The van der Waals surface area contributed by atoms with Crippen LogP contribution in [0.3, 0.4) is 0 Å². The van der Waals surface area contributed by atoms with Gasteiger partial charge in [-0.15, -0.1) is 0 Å². The molecule has 0 aliphatic rings. The summed E-state index contributed by atoms with van der Waals surface area (Å²) in [6.07, 6.45) is 0.989. The van der Waals surface area contributed by atoms with Crippen molar-refractivity contribution in [1.29, 1.82) is 0 Å². The second-order valence-electron chi connectivity index (χ2n) is 2.55. The SMILES string of the molecule is COC(=O)c1c[nH]c(=O)c(S(=O)(=O)O)c1. The zero-order chi connectivity index (χ0) is 11.6. The second-order valence-corrected chi connectivity index (χ2v) is 3.94. The van der Waals surface area contributed by atoms with Crippen LogP contribution in [-0.2, 0) is 14.9 Å². The first kappa shape index (κ1) is 11.4. The third kappa shape index (κ3) is 2.42. The zero-order valence-corrected chi connectivity index (χ0v) is 8.37. The van der Waals surface area contributed by atoms with Gasteiger partial charge in [0, 0.05) is 6.20 Å². The molecule has 0 bridgehead atoms. The minimum Gasteiger partial charge on any atom is -0.465 e. The lowest BCUT2D eigenvalue weighted by Crippen LogP contribution is -2.18. The molecular formula is C7H7NO6S. The first-order valence-electron chi connectivity index (χ1n) is 3.65. The average molecular weight is 233 g/mol. The van der Waals surface area contributed by atoms with E-state index in [1.54, 1.807) is 0 Å². The van der Waals surface area contributed by atoms with Gasteiger partial charge in [-0.2, -0.15) is 8.42 Å². The van der Waals surface area contributed by atoms with Crippen LogP contribution in [0.2, 0.25) is 0 Å². The highest BCUT2D eigenvalue weighted by Crippen LogP contribution is 2.05. The fraction of sp³-hybridized carbons (Fsp3) is 0.143. The number of carbonyl (C=O) groups is 1. The zero-order valence-electron chi connectivity index (χ0n) is 7.55. The summed E-state index contributed by atoms with van der Waals surface area (Å²) in [7, 11) is -3.55. The van der Waals surface area contributed by atoms with E-state index in [1.165, 1.54) is 0 Å². The van der Waals surface area contributed by atoms with Crippen molar-refractivity contribution < 1.29 is 22.5 Å². The van der Waals surface area contributed by atoms with Crippen molar-refractivity contribution in [2.75, 3.05) is 7.11 Å². The Morgan fingerprint density at radius 1 is 1.53 bits per heavy atom. The molecule has 0 aliphatic carbocycles. The average Bonchev–Trinajstić information content (AvgIpc) is 2.15. The molecule has 15 heavy (non-hydrogen) atoms. The molecule has 0 spiro atoms. The largest absolute Gasteiger partial charge is 0.465 e. The number of carbonyl (C=O) groups excluding carboxylic acids is 1. The van der Waals surface area contributed by atoms with Gasteiger partial charge >= 0.3 is 5.97 Å². The summed E-state index contributed by atoms with van der Waals surface area (Å²) < 4.78 is 34.4. The number of pyridine rings is 1. The van der Waals surface area contributed by atoms with Gasteiger partial charge in [-0.05, 0) is 6.07 Å². The third-order valence-corrected chi connectivity index (χ3v) is 2.43. The molecular weight excluding hydrogens is 226 g/mol. The van der Waals surface area contributed by atoms with E-state index in [9.17, 15) is 18.0 Å². The van der Waals surface area contributed by atoms with Gasteiger partial charge in [-0.1, -0.05) is 0 Å². The monoisotopic (exact) mass is 233 g/mol. The Labute approximate surface area is 84.4 Å². The molecule has 82 valence electrons. The summed E-state index contributed by atoms with van der Waals surface area (Å²) in [6, 6.07) is 0.736. The molecule has 7 nitrogen and oxygen atoms in total. The van der Waals surface area contributed by atoms with Crippen LogP contribution >= 0.6 is 0 Å². The summed E-state index contributed by atoms with van der Waals surface area (Å²) in [5.41, 5.74) is -1.19. The maximum absolute atomic E-state index is 11.0. The smallest absolute Gasteiger partial charge is 0.339 e. The molecule has 0 aliphatic heterocycles. The third-order valence-electron chi connectivity index (χ3n) is 1.57. The van der Waals surface area contributed by atoms with Crippen molar-refractivity contribution in [3.63, 3.8) is 0 Å². The fourth-order valence-electron chi connectivity index (χ4n) is 0.890. The highest BCUT2D eigenvalue weighted by atomic mass is 32.2. The van der Waals surface area contributed by atoms with Gasteiger partial charge in [0.05, 0.1) is 12.7 Å². The molecule has 2 N–H and O–H groups in total. The van der Waals surface area contributed by atoms with Crippen LogP contribution in [0.5, 0.6) is 0 Å². The lowest BCUT2D eigenvalue weighted by atomic mass is 10.3. The molecule has 1 aromatic heterocycles. The molecule has 0 saturated carbocycles. The molecule has 8 heteroatoms. The van der Waals surface area contributed by atoms with Crippen molar-refractivity contribution in [2.24, 2.45) is 0 Å². The molecule has 0 unspecified atom stereocenters. The van der Waals surface area contributed by atoms with Gasteiger partial charge in [0.1, 0.15) is 0 Å². The van der Waals surface area contributed by atoms with E-state index in [0.29, 0.717) is 0 Å². The van der Waals surface area contributed by atoms with E-state index in [2.05, 4.69) is 4.74 Å². The van der Waals surface area contributed by atoms with E-state index in [0.717, 1.165) is 19.4 Å². The number of hydrogen-bond acceptors (Lipinski definition) is 5. The molecule has 0 aromatic carbocycles. The molecule has 0 amide bonds. The number of esters is 1. The Balaban J connectivity index is 3.43. The first-order chi connectivity index (χ1) is 6.86. The van der Waals surface area contributed by atoms with Gasteiger partial charge < -0.3 is 9.72 Å². The van der Waals surface area contributed by atoms with E-state index in [1.807, 2.05) is 4.98 Å². The maximum atomic E-state index is 11.0. The summed E-state index contributed by atoms with van der Waals surface area (Å²) in [5, 5.41) is 0. The molecule has 1 rings (SSSR count). The molecule has 1 aromatic rings. The van der Waals surface area contributed by atoms with Crippen LogP contribution in [0.1, 0.15) is 10.4 Å². The minimum absolute atomic E-state index is 0.176. The molecule has 0 atom stereocenters. The number of rotatable bonds is 2. The number of H-pyrrole nitrogens is 1. The quantitative estimate of drug-likeness (QED) is 0.521. The first-order valence-corrected chi connectivity index (χ1v) is 5.09. The second kappa shape index (κ2) is 3.83. The number of nitrogens with one attached hydrogen (secondary N) is 1.